The Labute approximate surface area is 304 Å². The number of aryl methyl sites for hydroxylation is 2. The van der Waals surface area contributed by atoms with Gasteiger partial charge in [0.2, 0.25) is 0 Å². The minimum absolute atomic E-state index is 0.0334. The van der Waals surface area contributed by atoms with E-state index in [9.17, 15) is 20.1 Å². The molecule has 0 saturated carbocycles. The van der Waals surface area contributed by atoms with Crippen molar-refractivity contribution < 1.29 is 0 Å². The van der Waals surface area contributed by atoms with E-state index in [4.69, 9.17) is 0 Å². The topological polar surface area (TPSA) is 113 Å². The summed E-state index contributed by atoms with van der Waals surface area (Å²) in [6.07, 6.45) is 9.40. The zero-order chi connectivity index (χ0) is 36.3. The van der Waals surface area contributed by atoms with Gasteiger partial charge in [-0.15, -0.1) is 0 Å². The predicted molar refractivity (Wildman–Crippen MR) is 209 cm³/mol. The third-order valence-electron chi connectivity index (χ3n) is 11.2. The predicted octanol–water partition coefficient (Wildman–Crippen LogP) is 8.86. The average Bonchev–Trinajstić information content (AvgIpc) is 3.18. The fourth-order valence-corrected chi connectivity index (χ4v) is 8.23. The molecule has 6 heteroatoms. The van der Waals surface area contributed by atoms with Gasteiger partial charge >= 0.3 is 0 Å². The lowest BCUT2D eigenvalue weighted by Gasteiger charge is -2.24. The fraction of sp³-hybridized carbons (Fsp3) is 0.304. The Balaban J connectivity index is 0.000000162. The molecule has 0 saturated heterocycles. The number of aromatic amines is 2. The fourth-order valence-electron chi connectivity index (χ4n) is 8.23. The Morgan fingerprint density at radius 2 is 0.904 bits per heavy atom. The number of benzene rings is 4. The summed E-state index contributed by atoms with van der Waals surface area (Å²) in [5, 5.41) is 22.0. The summed E-state index contributed by atoms with van der Waals surface area (Å²) in [6, 6.07) is 37.4. The van der Waals surface area contributed by atoms with Crippen LogP contribution in [0.4, 0.5) is 0 Å². The molecule has 4 aromatic carbocycles. The van der Waals surface area contributed by atoms with Crippen molar-refractivity contribution in [1.29, 1.82) is 10.5 Å². The first-order valence-electron chi connectivity index (χ1n) is 18.5. The summed E-state index contributed by atoms with van der Waals surface area (Å²) in [6.45, 7) is 3.94. The standard InChI is InChI=1S/2C23H22N2O/c2*1-23(15-24,14-16-7-3-2-4-8-16)17-11-12-19-18-9-5-6-10-20(18)22(26)25-21(19)13-17/h2*2-4,7-8,11-13H,5-6,9-10,14H2,1H3,(H,25,26)/t2*23-/m10/s1. The molecule has 0 unspecified atom stereocenters. The van der Waals surface area contributed by atoms with Crippen LogP contribution in [0.5, 0.6) is 0 Å². The molecular weight excluding hydrogens is 641 g/mol. The summed E-state index contributed by atoms with van der Waals surface area (Å²) in [4.78, 5) is 31.1. The van der Waals surface area contributed by atoms with Gasteiger partial charge in [-0.1, -0.05) is 84.9 Å². The van der Waals surface area contributed by atoms with Gasteiger partial charge < -0.3 is 9.97 Å². The second kappa shape index (κ2) is 14.5. The van der Waals surface area contributed by atoms with Crippen LogP contribution < -0.4 is 11.1 Å². The molecule has 6 aromatic rings. The first-order chi connectivity index (χ1) is 25.2. The number of nitrogens with one attached hydrogen (secondary N) is 2. The highest BCUT2D eigenvalue weighted by atomic mass is 16.1. The number of pyridine rings is 2. The maximum atomic E-state index is 12.5. The quantitative estimate of drug-likeness (QED) is 0.182. The third-order valence-corrected chi connectivity index (χ3v) is 11.2. The van der Waals surface area contributed by atoms with E-state index in [2.05, 4.69) is 70.6 Å². The van der Waals surface area contributed by atoms with Crippen molar-refractivity contribution in [2.75, 3.05) is 0 Å². The summed E-state index contributed by atoms with van der Waals surface area (Å²) in [5.74, 6) is 0. The van der Waals surface area contributed by atoms with E-state index in [-0.39, 0.29) is 11.1 Å². The van der Waals surface area contributed by atoms with Gasteiger partial charge in [0, 0.05) is 32.9 Å². The van der Waals surface area contributed by atoms with Crippen molar-refractivity contribution in [2.24, 2.45) is 0 Å². The van der Waals surface area contributed by atoms with Gasteiger partial charge in [0.1, 0.15) is 0 Å². The molecule has 0 fully saturated rings. The Hall–Kier alpha value is -5.72. The lowest BCUT2D eigenvalue weighted by molar-refractivity contribution is 0.607. The number of fused-ring (bicyclic) bond motifs is 6. The first-order valence-corrected chi connectivity index (χ1v) is 18.5. The smallest absolute Gasteiger partial charge is 0.251 e. The highest BCUT2D eigenvalue weighted by Gasteiger charge is 2.29. The molecule has 2 N–H and O–H groups in total. The van der Waals surface area contributed by atoms with Crippen molar-refractivity contribution >= 4 is 21.8 Å². The first kappa shape index (κ1) is 34.7. The van der Waals surface area contributed by atoms with E-state index in [1.807, 2.05) is 62.4 Å². The number of rotatable bonds is 6. The Morgan fingerprint density at radius 1 is 0.538 bits per heavy atom. The molecule has 260 valence electrons. The minimum Gasteiger partial charge on any atom is -0.322 e. The zero-order valence-electron chi connectivity index (χ0n) is 30.0. The molecule has 8 rings (SSSR count). The molecular formula is C46H44N4O2. The number of H-pyrrole nitrogens is 2. The van der Waals surface area contributed by atoms with Crippen molar-refractivity contribution in [3.8, 4) is 12.1 Å². The average molecular weight is 685 g/mol. The molecule has 2 atom stereocenters. The Morgan fingerprint density at radius 3 is 1.27 bits per heavy atom. The molecule has 0 spiro atoms. The van der Waals surface area contributed by atoms with Gasteiger partial charge in [-0.2, -0.15) is 10.5 Å². The van der Waals surface area contributed by atoms with Crippen molar-refractivity contribution in [3.63, 3.8) is 0 Å². The van der Waals surface area contributed by atoms with Crippen LogP contribution in [0.2, 0.25) is 0 Å². The van der Waals surface area contributed by atoms with E-state index < -0.39 is 10.8 Å². The Bertz CT molecular complexity index is 2290. The molecule has 2 aliphatic rings. The molecule has 2 aromatic heterocycles. The summed E-state index contributed by atoms with van der Waals surface area (Å²) >= 11 is 0. The van der Waals surface area contributed by atoms with Crippen molar-refractivity contribution in [2.45, 2.75) is 88.9 Å². The number of nitrogens with zero attached hydrogens (tertiary/aromatic N) is 2. The lowest BCUT2D eigenvalue weighted by atomic mass is 9.78. The number of nitriles is 2. The van der Waals surface area contributed by atoms with Crippen LogP contribution in [-0.4, -0.2) is 9.97 Å². The van der Waals surface area contributed by atoms with E-state index in [1.54, 1.807) is 0 Å². The van der Waals surface area contributed by atoms with Gasteiger partial charge in [-0.3, -0.25) is 9.59 Å². The van der Waals surface area contributed by atoms with Crippen LogP contribution in [-0.2, 0) is 49.4 Å². The van der Waals surface area contributed by atoms with Gasteiger partial charge in [0.25, 0.3) is 11.1 Å². The Kier molecular flexibility index (Phi) is 9.67. The molecule has 52 heavy (non-hydrogen) atoms. The van der Waals surface area contributed by atoms with Crippen LogP contribution >= 0.6 is 0 Å². The zero-order valence-corrected chi connectivity index (χ0v) is 30.0. The van der Waals surface area contributed by atoms with E-state index >= 15 is 0 Å². The van der Waals surface area contributed by atoms with Crippen LogP contribution in [0.3, 0.4) is 0 Å². The van der Waals surface area contributed by atoms with E-state index in [0.29, 0.717) is 12.8 Å². The molecule has 6 nitrogen and oxygen atoms in total. The second-order valence-corrected chi connectivity index (χ2v) is 15.0. The molecule has 0 radical (unpaired) electrons. The van der Waals surface area contributed by atoms with Crippen molar-refractivity contribution in [1.82, 2.24) is 9.97 Å². The number of hydrogen-bond donors (Lipinski definition) is 2. The normalized spacial score (nSPS) is 15.8. The maximum Gasteiger partial charge on any atom is 0.251 e. The molecule has 0 aliphatic heterocycles. The van der Waals surface area contributed by atoms with Gasteiger partial charge in [-0.05, 0) is 124 Å². The number of hydrogen-bond acceptors (Lipinski definition) is 4. The van der Waals surface area contributed by atoms with Crippen molar-refractivity contribution in [3.05, 3.63) is 162 Å². The van der Waals surface area contributed by atoms with E-state index in [0.717, 1.165) is 107 Å². The summed E-state index contributed by atoms with van der Waals surface area (Å²) < 4.78 is 0. The van der Waals surface area contributed by atoms with E-state index in [1.165, 1.54) is 11.1 Å². The van der Waals surface area contributed by atoms with Gasteiger partial charge in [0.15, 0.2) is 0 Å². The van der Waals surface area contributed by atoms with Gasteiger partial charge in [0.05, 0.1) is 23.0 Å². The molecule has 0 bridgehead atoms. The van der Waals surface area contributed by atoms with Crippen LogP contribution in [0.25, 0.3) is 21.8 Å². The lowest BCUT2D eigenvalue weighted by Crippen LogP contribution is -2.24. The highest BCUT2D eigenvalue weighted by Crippen LogP contribution is 2.34. The summed E-state index contributed by atoms with van der Waals surface area (Å²) in [7, 11) is 0. The summed E-state index contributed by atoms with van der Waals surface area (Å²) in [5.41, 5.74) is 8.95. The molecule has 0 amide bonds. The maximum absolute atomic E-state index is 12.5. The number of aromatic nitrogens is 2. The largest absolute Gasteiger partial charge is 0.322 e. The monoisotopic (exact) mass is 684 g/mol. The van der Waals surface area contributed by atoms with Gasteiger partial charge in [-0.25, -0.2) is 0 Å². The minimum atomic E-state index is -0.637. The van der Waals surface area contributed by atoms with Crippen LogP contribution in [0.15, 0.2) is 107 Å². The van der Waals surface area contributed by atoms with Crippen LogP contribution in [0, 0.1) is 22.7 Å². The SMILES string of the molecule is C[C@@](C#N)(Cc1ccccc1)c1ccc2c3c(c(=O)[nH]c2c1)CCCC3.C[C@](C#N)(Cc1ccccc1)c1ccc2c3c(c(=O)[nH]c2c1)CCCC3. The molecule has 2 heterocycles. The highest BCUT2D eigenvalue weighted by molar-refractivity contribution is 5.85. The van der Waals surface area contributed by atoms with Crippen LogP contribution in [0.1, 0.15) is 84.0 Å². The molecule has 2 aliphatic carbocycles. The second-order valence-electron chi connectivity index (χ2n) is 15.0. The third kappa shape index (κ3) is 6.82.